The molecule has 0 aromatic heterocycles. The van der Waals surface area contributed by atoms with Gasteiger partial charge in [-0.05, 0) is 33.0 Å². The van der Waals surface area contributed by atoms with Crippen LogP contribution < -0.4 is 5.32 Å². The van der Waals surface area contributed by atoms with Gasteiger partial charge in [-0.2, -0.15) is 0 Å². The molecule has 0 radical (unpaired) electrons. The van der Waals surface area contributed by atoms with Crippen LogP contribution in [0.5, 0.6) is 0 Å². The second-order valence-corrected chi connectivity index (χ2v) is 6.11. The molecule has 0 bridgehead atoms. The van der Waals surface area contributed by atoms with Crippen LogP contribution in [0.4, 0.5) is 5.69 Å². The van der Waals surface area contributed by atoms with Crippen LogP contribution in [-0.4, -0.2) is 67.6 Å². The zero-order valence-electron chi connectivity index (χ0n) is 14.0. The Morgan fingerprint density at radius 1 is 1.30 bits per heavy atom. The maximum Gasteiger partial charge on any atom is 0.238 e. The van der Waals surface area contributed by atoms with E-state index in [9.17, 15) is 9.59 Å². The van der Waals surface area contributed by atoms with Crippen molar-refractivity contribution in [1.29, 1.82) is 0 Å². The van der Waals surface area contributed by atoms with Gasteiger partial charge in [-0.25, -0.2) is 0 Å². The third-order valence-corrected chi connectivity index (χ3v) is 3.75. The summed E-state index contributed by atoms with van der Waals surface area (Å²) >= 11 is 0. The van der Waals surface area contributed by atoms with Crippen LogP contribution in [0.2, 0.25) is 0 Å². The van der Waals surface area contributed by atoms with Crippen LogP contribution in [0, 0.1) is 6.92 Å². The quantitative estimate of drug-likeness (QED) is 0.883. The first kappa shape index (κ1) is 17.4. The van der Waals surface area contributed by atoms with Gasteiger partial charge in [-0.3, -0.25) is 14.5 Å². The van der Waals surface area contributed by atoms with Crippen molar-refractivity contribution in [2.75, 3.05) is 45.2 Å². The van der Waals surface area contributed by atoms with Gasteiger partial charge in [-0.1, -0.05) is 17.7 Å². The fraction of sp³-hybridized carbons (Fsp3) is 0.529. The molecule has 6 heteroatoms. The molecule has 1 heterocycles. The first-order chi connectivity index (χ1) is 10.9. The summed E-state index contributed by atoms with van der Waals surface area (Å²) in [6, 6.07) is 7.63. The second-order valence-electron chi connectivity index (χ2n) is 6.11. The SMILES string of the molecule is Cc1ccc(NC(=O)CN(C)CC(=O)N2CCOC(C)C2)cc1. The molecule has 126 valence electrons. The molecule has 1 N–H and O–H groups in total. The average molecular weight is 319 g/mol. The Morgan fingerprint density at radius 3 is 2.65 bits per heavy atom. The number of benzene rings is 1. The van der Waals surface area contributed by atoms with E-state index in [0.29, 0.717) is 19.7 Å². The predicted molar refractivity (Wildman–Crippen MR) is 89.3 cm³/mol. The van der Waals surface area contributed by atoms with Gasteiger partial charge in [0.05, 0.1) is 25.8 Å². The third-order valence-electron chi connectivity index (χ3n) is 3.75. The van der Waals surface area contributed by atoms with E-state index >= 15 is 0 Å². The topological polar surface area (TPSA) is 61.9 Å². The van der Waals surface area contributed by atoms with Crippen LogP contribution in [0.15, 0.2) is 24.3 Å². The lowest BCUT2D eigenvalue weighted by molar-refractivity contribution is -0.139. The minimum Gasteiger partial charge on any atom is -0.375 e. The number of carbonyl (C=O) groups excluding carboxylic acids is 2. The number of morpholine rings is 1. The highest BCUT2D eigenvalue weighted by Gasteiger charge is 2.22. The molecular weight excluding hydrogens is 294 g/mol. The lowest BCUT2D eigenvalue weighted by atomic mass is 10.2. The van der Waals surface area contributed by atoms with E-state index in [2.05, 4.69) is 5.32 Å². The average Bonchev–Trinajstić information content (AvgIpc) is 2.49. The van der Waals surface area contributed by atoms with Crippen molar-refractivity contribution in [2.45, 2.75) is 20.0 Å². The van der Waals surface area contributed by atoms with Gasteiger partial charge >= 0.3 is 0 Å². The van der Waals surface area contributed by atoms with E-state index < -0.39 is 0 Å². The molecule has 2 rings (SSSR count). The van der Waals surface area contributed by atoms with Gasteiger partial charge in [0.2, 0.25) is 11.8 Å². The van der Waals surface area contributed by atoms with Gasteiger partial charge in [0.1, 0.15) is 0 Å². The number of likely N-dealkylation sites (N-methyl/N-ethyl adjacent to an activating group) is 1. The smallest absolute Gasteiger partial charge is 0.238 e. The minimum atomic E-state index is -0.125. The molecule has 2 amide bonds. The van der Waals surface area contributed by atoms with E-state index in [0.717, 1.165) is 11.3 Å². The molecule has 1 aliphatic rings. The first-order valence-electron chi connectivity index (χ1n) is 7.88. The van der Waals surface area contributed by atoms with Gasteiger partial charge in [0.15, 0.2) is 0 Å². The summed E-state index contributed by atoms with van der Waals surface area (Å²) in [7, 11) is 1.77. The molecule has 1 aromatic rings. The van der Waals surface area contributed by atoms with Crippen molar-refractivity contribution in [3.05, 3.63) is 29.8 Å². The molecule has 6 nitrogen and oxygen atoms in total. The fourth-order valence-electron chi connectivity index (χ4n) is 2.51. The molecule has 1 fully saturated rings. The number of nitrogens with zero attached hydrogens (tertiary/aromatic N) is 2. The van der Waals surface area contributed by atoms with Gasteiger partial charge in [0.25, 0.3) is 0 Å². The number of carbonyl (C=O) groups is 2. The van der Waals surface area contributed by atoms with Crippen LogP contribution in [0.3, 0.4) is 0 Å². The van der Waals surface area contributed by atoms with Crippen LogP contribution in [0.25, 0.3) is 0 Å². The summed E-state index contributed by atoms with van der Waals surface area (Å²) in [5, 5.41) is 2.83. The molecule has 1 aromatic carbocycles. The molecule has 0 spiro atoms. The van der Waals surface area contributed by atoms with Gasteiger partial charge in [-0.15, -0.1) is 0 Å². The Kier molecular flexibility index (Phi) is 6.12. The zero-order valence-corrected chi connectivity index (χ0v) is 14.0. The highest BCUT2D eigenvalue weighted by molar-refractivity contribution is 5.92. The lowest BCUT2D eigenvalue weighted by Gasteiger charge is -2.32. The summed E-state index contributed by atoms with van der Waals surface area (Å²) in [5.74, 6) is -0.0923. The summed E-state index contributed by atoms with van der Waals surface area (Å²) in [4.78, 5) is 27.8. The van der Waals surface area contributed by atoms with Crippen molar-refractivity contribution in [3.8, 4) is 0 Å². The Morgan fingerprint density at radius 2 is 2.00 bits per heavy atom. The van der Waals surface area contributed by atoms with Crippen molar-refractivity contribution < 1.29 is 14.3 Å². The lowest BCUT2D eigenvalue weighted by Crippen LogP contribution is -2.48. The molecule has 23 heavy (non-hydrogen) atoms. The van der Waals surface area contributed by atoms with E-state index in [4.69, 9.17) is 4.74 Å². The standard InChI is InChI=1S/C17H25N3O3/c1-13-4-6-15(7-5-13)18-16(21)11-19(3)12-17(22)20-8-9-23-14(2)10-20/h4-7,14H,8-12H2,1-3H3,(H,18,21). The normalized spacial score (nSPS) is 18.1. The number of hydrogen-bond donors (Lipinski definition) is 1. The minimum absolute atomic E-state index is 0.0331. The molecule has 0 saturated carbocycles. The molecule has 1 atom stereocenters. The Bertz CT molecular complexity index is 545. The molecule has 1 unspecified atom stereocenters. The van der Waals surface area contributed by atoms with E-state index in [1.54, 1.807) is 16.8 Å². The highest BCUT2D eigenvalue weighted by atomic mass is 16.5. The molecule has 0 aliphatic carbocycles. The molecule has 1 saturated heterocycles. The fourth-order valence-corrected chi connectivity index (χ4v) is 2.51. The Balaban J connectivity index is 1.77. The summed E-state index contributed by atoms with van der Waals surface area (Å²) in [6.45, 7) is 6.17. The number of amides is 2. The molecular formula is C17H25N3O3. The van der Waals surface area contributed by atoms with Crippen molar-refractivity contribution in [3.63, 3.8) is 0 Å². The Labute approximate surface area is 137 Å². The monoisotopic (exact) mass is 319 g/mol. The largest absolute Gasteiger partial charge is 0.375 e. The maximum absolute atomic E-state index is 12.2. The first-order valence-corrected chi connectivity index (χ1v) is 7.88. The molecule has 1 aliphatic heterocycles. The number of rotatable bonds is 5. The van der Waals surface area contributed by atoms with Crippen molar-refractivity contribution >= 4 is 17.5 Å². The van der Waals surface area contributed by atoms with Crippen LogP contribution >= 0.6 is 0 Å². The summed E-state index contributed by atoms with van der Waals surface area (Å²) in [5.41, 5.74) is 1.91. The van der Waals surface area contributed by atoms with Crippen LogP contribution in [0.1, 0.15) is 12.5 Å². The number of aryl methyl sites for hydroxylation is 1. The number of nitrogens with one attached hydrogen (secondary N) is 1. The van der Waals surface area contributed by atoms with Gasteiger partial charge in [0, 0.05) is 18.8 Å². The van der Waals surface area contributed by atoms with Gasteiger partial charge < -0.3 is 15.0 Å². The summed E-state index contributed by atoms with van der Waals surface area (Å²) in [6.07, 6.45) is 0.0721. The maximum atomic E-state index is 12.2. The van der Waals surface area contributed by atoms with Crippen LogP contribution in [-0.2, 0) is 14.3 Å². The second kappa shape index (κ2) is 8.08. The highest BCUT2D eigenvalue weighted by Crippen LogP contribution is 2.09. The number of hydrogen-bond acceptors (Lipinski definition) is 4. The van der Waals surface area contributed by atoms with Crippen molar-refractivity contribution in [2.24, 2.45) is 0 Å². The van der Waals surface area contributed by atoms with E-state index in [-0.39, 0.29) is 31.0 Å². The predicted octanol–water partition coefficient (Wildman–Crippen LogP) is 1.11. The summed E-state index contributed by atoms with van der Waals surface area (Å²) < 4.78 is 5.43. The number of ether oxygens (including phenoxy) is 1. The third kappa shape index (κ3) is 5.65. The van der Waals surface area contributed by atoms with E-state index in [1.165, 1.54) is 0 Å². The Hall–Kier alpha value is -1.92. The van der Waals surface area contributed by atoms with E-state index in [1.807, 2.05) is 38.1 Å². The zero-order chi connectivity index (χ0) is 16.8. The number of anilines is 1. The van der Waals surface area contributed by atoms with Crippen molar-refractivity contribution in [1.82, 2.24) is 9.80 Å².